The average Bonchev–Trinajstić information content (AvgIpc) is 2.99. The molecule has 0 spiro atoms. The molecule has 2 heterocycles. The summed E-state index contributed by atoms with van der Waals surface area (Å²) in [5, 5.41) is 0. The van der Waals surface area contributed by atoms with Crippen molar-refractivity contribution >= 4 is 23.2 Å². The molecule has 4 nitrogen and oxygen atoms in total. The number of nitrogens with zero attached hydrogens (tertiary/aromatic N) is 2. The van der Waals surface area contributed by atoms with Crippen LogP contribution in [0, 0.1) is 12.8 Å². The van der Waals surface area contributed by atoms with E-state index in [-0.39, 0.29) is 17.7 Å². The summed E-state index contributed by atoms with van der Waals surface area (Å²) in [4.78, 5) is 31.1. The summed E-state index contributed by atoms with van der Waals surface area (Å²) in [6.45, 7) is 8.55. The van der Waals surface area contributed by atoms with Crippen molar-refractivity contribution in [3.05, 3.63) is 21.4 Å². The highest BCUT2D eigenvalue weighted by Crippen LogP contribution is 2.26. The zero-order chi connectivity index (χ0) is 17.7. The maximum atomic E-state index is 12.7. The van der Waals surface area contributed by atoms with Gasteiger partial charge in [-0.2, -0.15) is 0 Å². The van der Waals surface area contributed by atoms with E-state index in [1.165, 1.54) is 10.4 Å². The van der Waals surface area contributed by atoms with Gasteiger partial charge in [0, 0.05) is 37.5 Å². The summed E-state index contributed by atoms with van der Waals surface area (Å²) in [6.07, 6.45) is 4.70. The lowest BCUT2D eigenvalue weighted by Gasteiger charge is -2.33. The number of hydrogen-bond donors (Lipinski definition) is 0. The molecule has 0 aromatic carbocycles. The van der Waals surface area contributed by atoms with Gasteiger partial charge in [0.25, 0.3) is 5.91 Å². The summed E-state index contributed by atoms with van der Waals surface area (Å²) >= 11 is 1.62. The minimum Gasteiger partial charge on any atom is -0.346 e. The molecule has 0 bridgehead atoms. The molecule has 1 fully saturated rings. The van der Waals surface area contributed by atoms with Gasteiger partial charge in [-0.1, -0.05) is 20.3 Å². The van der Waals surface area contributed by atoms with E-state index in [2.05, 4.69) is 20.8 Å². The molecule has 2 amide bonds. The number of carbonyl (C=O) groups is 2. The van der Waals surface area contributed by atoms with Crippen LogP contribution in [0.2, 0.25) is 0 Å². The molecule has 1 aromatic rings. The van der Waals surface area contributed by atoms with E-state index in [1.807, 2.05) is 22.9 Å². The van der Waals surface area contributed by atoms with Gasteiger partial charge in [-0.15, -0.1) is 11.3 Å². The van der Waals surface area contributed by atoms with Crippen molar-refractivity contribution in [2.45, 2.75) is 52.9 Å². The first-order valence-electron chi connectivity index (χ1n) is 9.11. The van der Waals surface area contributed by atoms with E-state index in [1.54, 1.807) is 11.3 Å². The van der Waals surface area contributed by atoms with E-state index in [9.17, 15) is 9.59 Å². The molecule has 134 valence electrons. The summed E-state index contributed by atoms with van der Waals surface area (Å²) in [5.74, 6) is 0.455. The van der Waals surface area contributed by atoms with E-state index < -0.39 is 0 Å². The van der Waals surface area contributed by atoms with Crippen molar-refractivity contribution in [1.29, 1.82) is 0 Å². The van der Waals surface area contributed by atoms with Gasteiger partial charge < -0.3 is 9.80 Å². The Labute approximate surface area is 149 Å². The highest BCUT2D eigenvalue weighted by Gasteiger charge is 2.29. The molecule has 1 aliphatic rings. The van der Waals surface area contributed by atoms with Crippen molar-refractivity contribution in [1.82, 2.24) is 9.80 Å². The monoisotopic (exact) mass is 350 g/mol. The molecule has 0 radical (unpaired) electrons. The minimum atomic E-state index is 0.0761. The highest BCUT2D eigenvalue weighted by molar-refractivity contribution is 7.14. The summed E-state index contributed by atoms with van der Waals surface area (Å²) in [6, 6.07) is 2.02. The van der Waals surface area contributed by atoms with Crippen LogP contribution in [0.4, 0.5) is 0 Å². The number of unbranched alkanes of at least 4 members (excludes halogenated alkanes) is 1. The Kier molecular flexibility index (Phi) is 6.84. The fourth-order valence-corrected chi connectivity index (χ4v) is 4.36. The van der Waals surface area contributed by atoms with Crippen LogP contribution in [0.15, 0.2) is 6.07 Å². The molecule has 1 aliphatic heterocycles. The minimum absolute atomic E-state index is 0.0761. The smallest absolute Gasteiger partial charge is 0.263 e. The van der Waals surface area contributed by atoms with Crippen LogP contribution in [-0.2, 0) is 11.2 Å². The molecule has 0 unspecified atom stereocenters. The van der Waals surface area contributed by atoms with Crippen molar-refractivity contribution in [3.63, 3.8) is 0 Å². The number of thiophene rings is 1. The third-order valence-corrected chi connectivity index (χ3v) is 6.28. The normalized spacial score (nSPS) is 15.6. The fourth-order valence-electron chi connectivity index (χ4n) is 3.28. The van der Waals surface area contributed by atoms with Gasteiger partial charge in [0.05, 0.1) is 4.88 Å². The quantitative estimate of drug-likeness (QED) is 0.784. The standard InChI is InChI=1S/C19H30N2O2S/c1-5-7-10-20(4)18(22)15-8-11-21(12-9-15)19(23)17-13-14(3)16(6-2)24-17/h13,15H,5-12H2,1-4H3. The van der Waals surface area contributed by atoms with Crippen LogP contribution < -0.4 is 0 Å². The van der Waals surface area contributed by atoms with Crippen molar-refractivity contribution < 1.29 is 9.59 Å². The molecule has 24 heavy (non-hydrogen) atoms. The average molecular weight is 351 g/mol. The lowest BCUT2D eigenvalue weighted by atomic mass is 9.95. The predicted molar refractivity (Wildman–Crippen MR) is 99.6 cm³/mol. The Hall–Kier alpha value is -1.36. The Morgan fingerprint density at radius 2 is 1.96 bits per heavy atom. The summed E-state index contributed by atoms with van der Waals surface area (Å²) in [7, 11) is 1.90. The van der Waals surface area contributed by atoms with Crippen LogP contribution in [0.5, 0.6) is 0 Å². The second-order valence-corrected chi connectivity index (χ2v) is 7.89. The molecule has 1 aromatic heterocycles. The van der Waals surface area contributed by atoms with Crippen LogP contribution >= 0.6 is 11.3 Å². The van der Waals surface area contributed by atoms with E-state index >= 15 is 0 Å². The number of rotatable bonds is 6. The maximum absolute atomic E-state index is 12.7. The molecule has 0 N–H and O–H groups in total. The van der Waals surface area contributed by atoms with Crippen LogP contribution in [0.25, 0.3) is 0 Å². The Morgan fingerprint density at radius 3 is 2.50 bits per heavy atom. The zero-order valence-electron chi connectivity index (χ0n) is 15.4. The second-order valence-electron chi connectivity index (χ2n) is 6.75. The predicted octanol–water partition coefficient (Wildman–Crippen LogP) is 3.73. The highest BCUT2D eigenvalue weighted by atomic mass is 32.1. The molecule has 1 saturated heterocycles. The Bertz CT molecular complexity index is 574. The van der Waals surface area contributed by atoms with Gasteiger partial charge in [0.2, 0.25) is 5.91 Å². The topological polar surface area (TPSA) is 40.6 Å². The largest absolute Gasteiger partial charge is 0.346 e. The third-order valence-electron chi connectivity index (χ3n) is 4.91. The lowest BCUT2D eigenvalue weighted by molar-refractivity contribution is -0.135. The van der Waals surface area contributed by atoms with Gasteiger partial charge in [0.15, 0.2) is 0 Å². The molecular formula is C19H30N2O2S. The number of carbonyl (C=O) groups excluding carboxylic acids is 2. The second kappa shape index (κ2) is 8.65. The van der Waals surface area contributed by atoms with Gasteiger partial charge in [-0.25, -0.2) is 0 Å². The first-order chi connectivity index (χ1) is 11.5. The van der Waals surface area contributed by atoms with E-state index in [0.717, 1.165) is 43.5 Å². The van der Waals surface area contributed by atoms with Crippen molar-refractivity contribution in [3.8, 4) is 0 Å². The molecule has 0 saturated carbocycles. The van der Waals surface area contributed by atoms with Crippen LogP contribution in [-0.4, -0.2) is 48.3 Å². The molecule has 0 atom stereocenters. The van der Waals surface area contributed by atoms with Gasteiger partial charge >= 0.3 is 0 Å². The van der Waals surface area contributed by atoms with Crippen molar-refractivity contribution in [2.75, 3.05) is 26.7 Å². The van der Waals surface area contributed by atoms with Crippen LogP contribution in [0.3, 0.4) is 0 Å². The first-order valence-corrected chi connectivity index (χ1v) is 9.93. The van der Waals surface area contributed by atoms with E-state index in [0.29, 0.717) is 13.1 Å². The molecule has 0 aliphatic carbocycles. The zero-order valence-corrected chi connectivity index (χ0v) is 16.2. The number of aryl methyl sites for hydroxylation is 2. The first kappa shape index (κ1) is 19.0. The lowest BCUT2D eigenvalue weighted by Crippen LogP contribution is -2.43. The fraction of sp³-hybridized carbons (Fsp3) is 0.684. The van der Waals surface area contributed by atoms with Gasteiger partial charge in [-0.3, -0.25) is 9.59 Å². The number of amides is 2. The number of likely N-dealkylation sites (tertiary alicyclic amines) is 1. The third kappa shape index (κ3) is 4.38. The Morgan fingerprint density at radius 1 is 1.29 bits per heavy atom. The summed E-state index contributed by atoms with van der Waals surface area (Å²) in [5.41, 5.74) is 1.22. The molecular weight excluding hydrogens is 320 g/mol. The Balaban J connectivity index is 1.89. The van der Waals surface area contributed by atoms with Crippen LogP contribution in [0.1, 0.15) is 59.6 Å². The molecule has 5 heteroatoms. The van der Waals surface area contributed by atoms with Gasteiger partial charge in [-0.05, 0) is 44.2 Å². The number of hydrogen-bond acceptors (Lipinski definition) is 3. The summed E-state index contributed by atoms with van der Waals surface area (Å²) < 4.78 is 0. The molecule has 2 rings (SSSR count). The maximum Gasteiger partial charge on any atom is 0.263 e. The number of piperidine rings is 1. The van der Waals surface area contributed by atoms with Crippen molar-refractivity contribution in [2.24, 2.45) is 5.92 Å². The van der Waals surface area contributed by atoms with E-state index in [4.69, 9.17) is 0 Å². The SMILES string of the molecule is CCCCN(C)C(=O)C1CCN(C(=O)c2cc(C)c(CC)s2)CC1. The van der Waals surface area contributed by atoms with Gasteiger partial charge in [0.1, 0.15) is 0 Å².